The van der Waals surface area contributed by atoms with E-state index in [1.807, 2.05) is 4.90 Å². The molecule has 1 aliphatic heterocycles. The fraction of sp³-hybridized carbons (Fsp3) is 1.00. The number of aliphatic hydroxyl groups excluding tert-OH is 3. The Hall–Kier alpha value is -0.200. The molecular weight excluding hydrogens is 186 g/mol. The number of methoxy groups -OCH3 is 1. The van der Waals surface area contributed by atoms with Gasteiger partial charge < -0.3 is 20.1 Å². The highest BCUT2D eigenvalue weighted by molar-refractivity contribution is 4.85. The van der Waals surface area contributed by atoms with Crippen molar-refractivity contribution in [2.24, 2.45) is 5.92 Å². The van der Waals surface area contributed by atoms with Crippen LogP contribution in [0.2, 0.25) is 0 Å². The van der Waals surface area contributed by atoms with Gasteiger partial charge in [0.05, 0.1) is 18.8 Å². The van der Waals surface area contributed by atoms with Gasteiger partial charge in [0.1, 0.15) is 0 Å². The third-order valence-electron chi connectivity index (χ3n) is 2.66. The molecule has 1 rings (SSSR count). The Morgan fingerprint density at radius 1 is 1.36 bits per heavy atom. The molecule has 0 aromatic carbocycles. The van der Waals surface area contributed by atoms with Crippen molar-refractivity contribution in [2.45, 2.75) is 12.2 Å². The number of likely N-dealkylation sites (tertiary alicyclic amines) is 1. The molecule has 0 bridgehead atoms. The molecule has 0 aromatic heterocycles. The van der Waals surface area contributed by atoms with E-state index in [2.05, 4.69) is 0 Å². The number of piperidine rings is 1. The molecule has 3 N–H and O–H groups in total. The molecule has 0 unspecified atom stereocenters. The molecule has 84 valence electrons. The lowest BCUT2D eigenvalue weighted by Crippen LogP contribution is -2.54. The molecule has 5 heteroatoms. The predicted molar refractivity (Wildman–Crippen MR) is 50.9 cm³/mol. The molecule has 1 saturated heterocycles. The van der Waals surface area contributed by atoms with Gasteiger partial charge in [-0.3, -0.25) is 4.90 Å². The molecule has 0 amide bonds. The summed E-state index contributed by atoms with van der Waals surface area (Å²) in [5, 5.41) is 28.0. The highest BCUT2D eigenvalue weighted by Crippen LogP contribution is 2.16. The molecule has 1 aliphatic rings. The first kappa shape index (κ1) is 11.9. The molecule has 0 spiro atoms. The van der Waals surface area contributed by atoms with Crippen LogP contribution in [0.1, 0.15) is 0 Å². The van der Waals surface area contributed by atoms with Crippen molar-refractivity contribution in [3.05, 3.63) is 0 Å². The second-order valence-electron chi connectivity index (χ2n) is 3.75. The van der Waals surface area contributed by atoms with Gasteiger partial charge in [0.25, 0.3) is 0 Å². The number of ether oxygens (including phenoxy) is 1. The number of β-amino-alcohol motifs (C(OH)–C–C–N with tert-alkyl or cyclic N) is 1. The Kier molecular flexibility index (Phi) is 4.77. The standard InChI is InChI=1S/C9H19NO4/c1-14-3-2-10-4-7(6-11)9(13)8(12)5-10/h7-9,11-13H,2-6H2,1H3/t7-,8-,9-/m1/s1. The van der Waals surface area contributed by atoms with Gasteiger partial charge in [-0.1, -0.05) is 0 Å². The minimum absolute atomic E-state index is 0.0955. The molecule has 0 radical (unpaired) electrons. The van der Waals surface area contributed by atoms with Gasteiger partial charge in [-0.2, -0.15) is 0 Å². The Bertz CT molecular complexity index is 167. The van der Waals surface area contributed by atoms with Crippen LogP contribution in [0.3, 0.4) is 0 Å². The molecule has 14 heavy (non-hydrogen) atoms. The molecule has 0 saturated carbocycles. The lowest BCUT2D eigenvalue weighted by molar-refractivity contribution is -0.0886. The summed E-state index contributed by atoms with van der Waals surface area (Å²) in [6.07, 6.45) is -1.57. The van der Waals surface area contributed by atoms with E-state index < -0.39 is 12.2 Å². The van der Waals surface area contributed by atoms with Crippen LogP contribution in [0.5, 0.6) is 0 Å². The van der Waals surface area contributed by atoms with E-state index >= 15 is 0 Å². The topological polar surface area (TPSA) is 73.2 Å². The van der Waals surface area contributed by atoms with E-state index in [0.717, 1.165) is 6.54 Å². The molecule has 0 aliphatic carbocycles. The highest BCUT2D eigenvalue weighted by atomic mass is 16.5. The van der Waals surface area contributed by atoms with Gasteiger partial charge in [-0.05, 0) is 0 Å². The summed E-state index contributed by atoms with van der Waals surface area (Å²) >= 11 is 0. The van der Waals surface area contributed by atoms with Crippen LogP contribution in [-0.2, 0) is 4.74 Å². The zero-order valence-corrected chi connectivity index (χ0v) is 8.46. The van der Waals surface area contributed by atoms with Gasteiger partial charge in [0.15, 0.2) is 0 Å². The summed E-state index contributed by atoms with van der Waals surface area (Å²) in [5.41, 5.74) is 0. The van der Waals surface area contributed by atoms with Gasteiger partial charge >= 0.3 is 0 Å². The predicted octanol–water partition coefficient (Wildman–Crippen LogP) is -1.72. The summed E-state index contributed by atoms with van der Waals surface area (Å²) in [6.45, 7) is 2.28. The molecular formula is C9H19NO4. The SMILES string of the molecule is COCCN1C[C@H](CO)[C@@H](O)[C@H](O)C1. The van der Waals surface area contributed by atoms with Crippen molar-refractivity contribution in [2.75, 3.05) is 40.0 Å². The van der Waals surface area contributed by atoms with Gasteiger partial charge in [-0.15, -0.1) is 0 Å². The summed E-state index contributed by atoms with van der Waals surface area (Å²) in [7, 11) is 1.62. The highest BCUT2D eigenvalue weighted by Gasteiger charge is 2.33. The lowest BCUT2D eigenvalue weighted by Gasteiger charge is -2.38. The van der Waals surface area contributed by atoms with Crippen LogP contribution in [-0.4, -0.2) is 72.4 Å². The first-order valence-electron chi connectivity index (χ1n) is 4.87. The molecule has 1 heterocycles. The average Bonchev–Trinajstić information content (AvgIpc) is 2.19. The molecule has 5 nitrogen and oxygen atoms in total. The number of hydrogen-bond acceptors (Lipinski definition) is 5. The second kappa shape index (κ2) is 5.63. The monoisotopic (exact) mass is 205 g/mol. The van der Waals surface area contributed by atoms with Gasteiger partial charge in [-0.25, -0.2) is 0 Å². The maximum atomic E-state index is 9.51. The van der Waals surface area contributed by atoms with Crippen LogP contribution >= 0.6 is 0 Å². The van der Waals surface area contributed by atoms with Crippen molar-refractivity contribution in [1.29, 1.82) is 0 Å². The average molecular weight is 205 g/mol. The minimum Gasteiger partial charge on any atom is -0.396 e. The summed E-state index contributed by atoms with van der Waals surface area (Å²) in [6, 6.07) is 0. The van der Waals surface area contributed by atoms with Crippen molar-refractivity contribution in [1.82, 2.24) is 4.90 Å². The van der Waals surface area contributed by atoms with E-state index in [4.69, 9.17) is 9.84 Å². The lowest BCUT2D eigenvalue weighted by atomic mass is 9.93. The van der Waals surface area contributed by atoms with E-state index in [1.54, 1.807) is 7.11 Å². The van der Waals surface area contributed by atoms with Crippen LogP contribution in [0.15, 0.2) is 0 Å². The third kappa shape index (κ3) is 2.90. The molecule has 3 atom stereocenters. The van der Waals surface area contributed by atoms with Gasteiger partial charge in [0.2, 0.25) is 0 Å². The largest absolute Gasteiger partial charge is 0.396 e. The first-order valence-corrected chi connectivity index (χ1v) is 4.87. The Morgan fingerprint density at radius 3 is 2.64 bits per heavy atom. The fourth-order valence-corrected chi connectivity index (χ4v) is 1.77. The fourth-order valence-electron chi connectivity index (χ4n) is 1.77. The molecule has 1 fully saturated rings. The Balaban J connectivity index is 2.41. The van der Waals surface area contributed by atoms with Crippen molar-refractivity contribution >= 4 is 0 Å². The zero-order valence-electron chi connectivity index (χ0n) is 8.46. The van der Waals surface area contributed by atoms with E-state index in [1.165, 1.54) is 0 Å². The van der Waals surface area contributed by atoms with Crippen LogP contribution in [0, 0.1) is 5.92 Å². The maximum Gasteiger partial charge on any atom is 0.0929 e. The quantitative estimate of drug-likeness (QED) is 0.509. The van der Waals surface area contributed by atoms with Gasteiger partial charge in [0, 0.05) is 39.3 Å². The van der Waals surface area contributed by atoms with Crippen molar-refractivity contribution in [3.8, 4) is 0 Å². The Labute approximate surface area is 83.9 Å². The normalized spacial score (nSPS) is 34.7. The zero-order chi connectivity index (χ0) is 10.6. The molecule has 0 aromatic rings. The van der Waals surface area contributed by atoms with E-state index in [-0.39, 0.29) is 12.5 Å². The minimum atomic E-state index is -0.807. The summed E-state index contributed by atoms with van der Waals surface area (Å²) < 4.78 is 4.93. The van der Waals surface area contributed by atoms with Crippen LogP contribution in [0.4, 0.5) is 0 Å². The first-order chi connectivity index (χ1) is 6.69. The van der Waals surface area contributed by atoms with Crippen LogP contribution in [0.25, 0.3) is 0 Å². The van der Waals surface area contributed by atoms with Crippen LogP contribution < -0.4 is 0 Å². The Morgan fingerprint density at radius 2 is 2.07 bits per heavy atom. The van der Waals surface area contributed by atoms with Crippen molar-refractivity contribution < 1.29 is 20.1 Å². The number of aliphatic hydroxyl groups is 3. The second-order valence-corrected chi connectivity index (χ2v) is 3.75. The van der Waals surface area contributed by atoms with Crippen molar-refractivity contribution in [3.63, 3.8) is 0 Å². The van der Waals surface area contributed by atoms with E-state index in [9.17, 15) is 10.2 Å². The third-order valence-corrected chi connectivity index (χ3v) is 2.66. The van der Waals surface area contributed by atoms with E-state index in [0.29, 0.717) is 19.7 Å². The maximum absolute atomic E-state index is 9.51. The number of hydrogen-bond donors (Lipinski definition) is 3. The smallest absolute Gasteiger partial charge is 0.0929 e. The summed E-state index contributed by atoms with van der Waals surface area (Å²) in [4.78, 5) is 1.99. The number of nitrogens with zero attached hydrogens (tertiary/aromatic N) is 1. The number of rotatable bonds is 4. The summed E-state index contributed by atoms with van der Waals surface area (Å²) in [5.74, 6) is -0.254.